The molecule has 0 saturated carbocycles. The van der Waals surface area contributed by atoms with E-state index in [0.29, 0.717) is 21.3 Å². The molecule has 1 atom stereocenters. The molecule has 0 amide bonds. The van der Waals surface area contributed by atoms with Crippen LogP contribution >= 0.6 is 15.9 Å². The second-order valence-corrected chi connectivity index (χ2v) is 5.04. The van der Waals surface area contributed by atoms with Crippen LogP contribution in [-0.4, -0.2) is 12.9 Å². The van der Waals surface area contributed by atoms with Gasteiger partial charge in [0.05, 0.1) is 13.2 Å². The maximum atomic E-state index is 12.5. The van der Waals surface area contributed by atoms with Gasteiger partial charge >= 0.3 is 0 Å². The Kier molecular flexibility index (Phi) is 4.54. The van der Waals surface area contributed by atoms with Crippen molar-refractivity contribution in [1.29, 1.82) is 5.26 Å². The van der Waals surface area contributed by atoms with Crippen molar-refractivity contribution < 1.29 is 9.53 Å². The van der Waals surface area contributed by atoms with E-state index in [1.165, 1.54) is 0 Å². The molecule has 0 radical (unpaired) electrons. The van der Waals surface area contributed by atoms with Crippen molar-refractivity contribution in [3.8, 4) is 11.8 Å². The van der Waals surface area contributed by atoms with Crippen molar-refractivity contribution in [3.63, 3.8) is 0 Å². The highest BCUT2D eigenvalue weighted by atomic mass is 79.9. The number of ether oxygens (including phenoxy) is 1. The Bertz CT molecular complexity index is 676. The Morgan fingerprint density at radius 2 is 2.00 bits per heavy atom. The summed E-state index contributed by atoms with van der Waals surface area (Å²) in [6.45, 7) is 0. The normalized spacial score (nSPS) is 11.4. The summed E-state index contributed by atoms with van der Waals surface area (Å²) in [6, 6.07) is 16.2. The highest BCUT2D eigenvalue weighted by Gasteiger charge is 2.23. The monoisotopic (exact) mass is 329 g/mol. The van der Waals surface area contributed by atoms with Crippen LogP contribution in [0.15, 0.2) is 53.0 Å². The summed E-state index contributed by atoms with van der Waals surface area (Å²) in [4.78, 5) is 12.5. The van der Waals surface area contributed by atoms with Crippen molar-refractivity contribution >= 4 is 21.7 Å². The Hall–Kier alpha value is -2.12. The SMILES string of the molecule is COc1cccc(C(C#N)C(=O)c2ccccc2Br)c1. The number of nitriles is 1. The summed E-state index contributed by atoms with van der Waals surface area (Å²) < 4.78 is 5.82. The minimum atomic E-state index is -0.844. The molecule has 4 heteroatoms. The van der Waals surface area contributed by atoms with E-state index in [0.717, 1.165) is 0 Å². The Morgan fingerprint density at radius 3 is 2.65 bits per heavy atom. The molecule has 0 aliphatic carbocycles. The number of benzene rings is 2. The summed E-state index contributed by atoms with van der Waals surface area (Å²) in [5.41, 5.74) is 1.13. The fraction of sp³-hybridized carbons (Fsp3) is 0.125. The van der Waals surface area contributed by atoms with Gasteiger partial charge in [-0.2, -0.15) is 5.26 Å². The molecule has 0 spiro atoms. The van der Waals surface area contributed by atoms with Gasteiger partial charge in [-0.15, -0.1) is 0 Å². The lowest BCUT2D eigenvalue weighted by Crippen LogP contribution is -2.12. The van der Waals surface area contributed by atoms with Crippen molar-refractivity contribution in [2.75, 3.05) is 7.11 Å². The van der Waals surface area contributed by atoms with Gasteiger partial charge < -0.3 is 4.74 Å². The first-order valence-corrected chi connectivity index (χ1v) is 6.79. The van der Waals surface area contributed by atoms with Gasteiger partial charge in [-0.3, -0.25) is 4.79 Å². The van der Waals surface area contributed by atoms with E-state index in [4.69, 9.17) is 4.74 Å². The predicted molar refractivity (Wildman–Crippen MR) is 79.8 cm³/mol. The van der Waals surface area contributed by atoms with E-state index in [1.54, 1.807) is 49.6 Å². The predicted octanol–water partition coefficient (Wildman–Crippen LogP) is 3.95. The lowest BCUT2D eigenvalue weighted by atomic mass is 9.92. The van der Waals surface area contributed by atoms with Crippen molar-refractivity contribution in [3.05, 3.63) is 64.1 Å². The van der Waals surface area contributed by atoms with E-state index in [-0.39, 0.29) is 5.78 Å². The Balaban J connectivity index is 2.40. The van der Waals surface area contributed by atoms with Crippen molar-refractivity contribution in [1.82, 2.24) is 0 Å². The number of Topliss-reactive ketones (excluding diaryl/α,β-unsaturated/α-hetero) is 1. The third-order valence-electron chi connectivity index (χ3n) is 2.96. The molecule has 100 valence electrons. The molecule has 0 aliphatic rings. The molecule has 3 nitrogen and oxygen atoms in total. The maximum Gasteiger partial charge on any atom is 0.185 e. The van der Waals surface area contributed by atoms with Crippen LogP contribution < -0.4 is 4.74 Å². The minimum absolute atomic E-state index is 0.228. The molecule has 0 fully saturated rings. The van der Waals surface area contributed by atoms with E-state index in [1.807, 2.05) is 6.07 Å². The number of carbonyl (C=O) groups excluding carboxylic acids is 1. The fourth-order valence-corrected chi connectivity index (χ4v) is 2.40. The molecule has 0 heterocycles. The van der Waals surface area contributed by atoms with Crippen LogP contribution in [-0.2, 0) is 0 Å². The quantitative estimate of drug-likeness (QED) is 0.798. The molecule has 20 heavy (non-hydrogen) atoms. The molecule has 0 bridgehead atoms. The number of carbonyl (C=O) groups is 1. The van der Waals surface area contributed by atoms with Gasteiger partial charge in [-0.1, -0.05) is 46.3 Å². The zero-order valence-corrected chi connectivity index (χ0v) is 12.4. The molecule has 0 saturated heterocycles. The van der Waals surface area contributed by atoms with Gasteiger partial charge in [0.15, 0.2) is 5.78 Å². The zero-order valence-electron chi connectivity index (χ0n) is 10.8. The van der Waals surface area contributed by atoms with Crippen molar-refractivity contribution in [2.24, 2.45) is 0 Å². The van der Waals surface area contributed by atoms with E-state index < -0.39 is 5.92 Å². The first-order chi connectivity index (χ1) is 9.67. The van der Waals surface area contributed by atoms with Crippen LogP contribution in [0.4, 0.5) is 0 Å². The van der Waals surface area contributed by atoms with Gasteiger partial charge in [0.25, 0.3) is 0 Å². The summed E-state index contributed by atoms with van der Waals surface area (Å²) in [7, 11) is 1.55. The third kappa shape index (κ3) is 2.89. The summed E-state index contributed by atoms with van der Waals surface area (Å²) in [5.74, 6) is -0.445. The second-order valence-electron chi connectivity index (χ2n) is 4.18. The van der Waals surface area contributed by atoms with Gasteiger partial charge in [0.2, 0.25) is 0 Å². The van der Waals surface area contributed by atoms with Gasteiger partial charge in [0.1, 0.15) is 11.7 Å². The average Bonchev–Trinajstić information content (AvgIpc) is 2.48. The maximum absolute atomic E-state index is 12.5. The lowest BCUT2D eigenvalue weighted by Gasteiger charge is -2.11. The third-order valence-corrected chi connectivity index (χ3v) is 3.65. The topological polar surface area (TPSA) is 50.1 Å². The molecular formula is C16H12BrNO2. The number of hydrogen-bond acceptors (Lipinski definition) is 3. The number of rotatable bonds is 4. The van der Waals surface area contributed by atoms with Crippen LogP contribution in [0.25, 0.3) is 0 Å². The van der Waals surface area contributed by atoms with E-state index in [2.05, 4.69) is 22.0 Å². The van der Waals surface area contributed by atoms with Crippen LogP contribution in [0.1, 0.15) is 21.8 Å². The number of hydrogen-bond donors (Lipinski definition) is 0. The van der Waals surface area contributed by atoms with Crippen LogP contribution in [0, 0.1) is 11.3 Å². The first-order valence-electron chi connectivity index (χ1n) is 5.99. The van der Waals surface area contributed by atoms with Crippen molar-refractivity contribution in [2.45, 2.75) is 5.92 Å². The van der Waals surface area contributed by atoms with Gasteiger partial charge in [-0.05, 0) is 23.8 Å². The van der Waals surface area contributed by atoms with Crippen LogP contribution in [0.5, 0.6) is 5.75 Å². The highest BCUT2D eigenvalue weighted by Crippen LogP contribution is 2.27. The smallest absolute Gasteiger partial charge is 0.185 e. The molecule has 0 N–H and O–H groups in total. The van der Waals surface area contributed by atoms with E-state index >= 15 is 0 Å². The number of ketones is 1. The zero-order chi connectivity index (χ0) is 14.5. The second kappa shape index (κ2) is 6.36. The number of nitrogens with zero attached hydrogens (tertiary/aromatic N) is 1. The Morgan fingerprint density at radius 1 is 1.25 bits per heavy atom. The van der Waals surface area contributed by atoms with Crippen LogP contribution in [0.2, 0.25) is 0 Å². The molecule has 2 rings (SSSR count). The largest absolute Gasteiger partial charge is 0.497 e. The van der Waals surface area contributed by atoms with E-state index in [9.17, 15) is 10.1 Å². The summed E-state index contributed by atoms with van der Waals surface area (Å²) in [6.07, 6.45) is 0. The summed E-state index contributed by atoms with van der Waals surface area (Å²) in [5, 5.41) is 9.34. The Labute approximate surface area is 125 Å². The molecular weight excluding hydrogens is 318 g/mol. The van der Waals surface area contributed by atoms with Crippen LogP contribution in [0.3, 0.4) is 0 Å². The number of halogens is 1. The summed E-state index contributed by atoms with van der Waals surface area (Å²) >= 11 is 3.34. The van der Waals surface area contributed by atoms with Gasteiger partial charge in [-0.25, -0.2) is 0 Å². The molecule has 1 unspecified atom stereocenters. The fourth-order valence-electron chi connectivity index (χ4n) is 1.92. The van der Waals surface area contributed by atoms with Gasteiger partial charge in [0, 0.05) is 10.0 Å². The number of methoxy groups -OCH3 is 1. The highest BCUT2D eigenvalue weighted by molar-refractivity contribution is 9.10. The standard InChI is InChI=1S/C16H12BrNO2/c1-20-12-6-4-5-11(9-12)14(10-18)16(19)13-7-2-3-8-15(13)17/h2-9,14H,1H3. The molecule has 2 aromatic carbocycles. The minimum Gasteiger partial charge on any atom is -0.497 e. The molecule has 0 aromatic heterocycles. The molecule has 0 aliphatic heterocycles. The lowest BCUT2D eigenvalue weighted by molar-refractivity contribution is 0.0978. The molecule has 2 aromatic rings. The first kappa shape index (κ1) is 14.3. The average molecular weight is 330 g/mol.